The van der Waals surface area contributed by atoms with E-state index in [1.165, 1.54) is 6.20 Å². The molecule has 5 nitrogen and oxygen atoms in total. The standard InChI is InChI=1S/C14H9N5/c15-8-11-5-7-17-19-14(11)18-13-3-1-2-10-4-6-16-9-12(10)13/h1-7,9H,(H,18,19). The second-order valence-corrected chi connectivity index (χ2v) is 3.93. The molecule has 0 saturated heterocycles. The van der Waals surface area contributed by atoms with E-state index < -0.39 is 0 Å². The zero-order valence-electron chi connectivity index (χ0n) is 9.91. The third kappa shape index (κ3) is 2.07. The van der Waals surface area contributed by atoms with Crippen molar-refractivity contribution in [3.8, 4) is 6.07 Å². The zero-order valence-corrected chi connectivity index (χ0v) is 9.91. The molecule has 0 spiro atoms. The van der Waals surface area contributed by atoms with Crippen molar-refractivity contribution in [1.82, 2.24) is 15.2 Å². The molecule has 0 fully saturated rings. The van der Waals surface area contributed by atoms with Crippen molar-refractivity contribution in [2.45, 2.75) is 0 Å². The number of nitrogens with zero attached hydrogens (tertiary/aromatic N) is 4. The third-order valence-electron chi connectivity index (χ3n) is 2.78. The maximum atomic E-state index is 9.04. The number of hydrogen-bond donors (Lipinski definition) is 1. The molecular formula is C14H9N5. The van der Waals surface area contributed by atoms with Crippen molar-refractivity contribution < 1.29 is 0 Å². The Morgan fingerprint density at radius 1 is 1.11 bits per heavy atom. The van der Waals surface area contributed by atoms with E-state index in [0.29, 0.717) is 11.4 Å². The van der Waals surface area contributed by atoms with Crippen LogP contribution in [-0.2, 0) is 0 Å². The number of aromatic nitrogens is 3. The van der Waals surface area contributed by atoms with Crippen molar-refractivity contribution in [2.24, 2.45) is 0 Å². The number of anilines is 2. The molecule has 19 heavy (non-hydrogen) atoms. The molecule has 2 aromatic heterocycles. The van der Waals surface area contributed by atoms with Gasteiger partial charge in [-0.2, -0.15) is 10.4 Å². The van der Waals surface area contributed by atoms with Crippen LogP contribution in [0.5, 0.6) is 0 Å². The summed E-state index contributed by atoms with van der Waals surface area (Å²) in [6.07, 6.45) is 5.02. The highest BCUT2D eigenvalue weighted by Crippen LogP contribution is 2.25. The van der Waals surface area contributed by atoms with Gasteiger partial charge in [0.1, 0.15) is 6.07 Å². The highest BCUT2D eigenvalue weighted by Gasteiger charge is 2.06. The number of hydrogen-bond acceptors (Lipinski definition) is 5. The van der Waals surface area contributed by atoms with Gasteiger partial charge in [0.15, 0.2) is 5.82 Å². The molecule has 3 rings (SSSR count). The van der Waals surface area contributed by atoms with E-state index in [2.05, 4.69) is 26.6 Å². The van der Waals surface area contributed by atoms with Crippen LogP contribution in [0.1, 0.15) is 5.56 Å². The molecule has 0 atom stereocenters. The van der Waals surface area contributed by atoms with Crippen molar-refractivity contribution in [3.05, 3.63) is 54.5 Å². The number of nitrogens with one attached hydrogen (secondary N) is 1. The van der Waals surface area contributed by atoms with Crippen LogP contribution in [0.4, 0.5) is 11.5 Å². The van der Waals surface area contributed by atoms with Crippen LogP contribution >= 0.6 is 0 Å². The molecule has 1 aromatic carbocycles. The maximum Gasteiger partial charge on any atom is 0.171 e. The predicted molar refractivity (Wildman–Crippen MR) is 71.8 cm³/mol. The minimum Gasteiger partial charge on any atom is -0.337 e. The number of benzene rings is 1. The van der Waals surface area contributed by atoms with Gasteiger partial charge >= 0.3 is 0 Å². The Bertz CT molecular complexity index is 771. The average molecular weight is 247 g/mol. The van der Waals surface area contributed by atoms with E-state index in [1.807, 2.05) is 24.3 Å². The van der Waals surface area contributed by atoms with Gasteiger partial charge in [0.25, 0.3) is 0 Å². The largest absolute Gasteiger partial charge is 0.337 e. The summed E-state index contributed by atoms with van der Waals surface area (Å²) in [5.41, 5.74) is 1.30. The van der Waals surface area contributed by atoms with Gasteiger partial charge in [0, 0.05) is 23.5 Å². The Morgan fingerprint density at radius 3 is 2.95 bits per heavy atom. The molecule has 5 heteroatoms. The van der Waals surface area contributed by atoms with Gasteiger partial charge in [-0.1, -0.05) is 12.1 Å². The Hall–Kier alpha value is -3.00. The lowest BCUT2D eigenvalue weighted by Gasteiger charge is -2.08. The molecule has 0 radical (unpaired) electrons. The average Bonchev–Trinajstić information content (AvgIpc) is 2.48. The zero-order chi connectivity index (χ0) is 13.1. The second kappa shape index (κ2) is 4.70. The monoisotopic (exact) mass is 247 g/mol. The molecule has 2 heterocycles. The molecule has 0 saturated carbocycles. The summed E-state index contributed by atoms with van der Waals surface area (Å²) in [5, 5.41) is 22.0. The van der Waals surface area contributed by atoms with Gasteiger partial charge in [-0.25, -0.2) is 0 Å². The van der Waals surface area contributed by atoms with Crippen LogP contribution < -0.4 is 5.32 Å². The van der Waals surface area contributed by atoms with E-state index in [0.717, 1.165) is 16.5 Å². The van der Waals surface area contributed by atoms with Crippen molar-refractivity contribution in [3.63, 3.8) is 0 Å². The van der Waals surface area contributed by atoms with Crippen LogP contribution in [0.2, 0.25) is 0 Å². The molecule has 0 aliphatic rings. The highest BCUT2D eigenvalue weighted by molar-refractivity contribution is 5.94. The number of fused-ring (bicyclic) bond motifs is 1. The topological polar surface area (TPSA) is 74.5 Å². The number of pyridine rings is 1. The van der Waals surface area contributed by atoms with E-state index in [1.54, 1.807) is 18.5 Å². The van der Waals surface area contributed by atoms with Crippen LogP contribution in [-0.4, -0.2) is 15.2 Å². The first-order valence-electron chi connectivity index (χ1n) is 5.70. The molecule has 0 aliphatic heterocycles. The summed E-state index contributed by atoms with van der Waals surface area (Å²) < 4.78 is 0. The molecule has 0 bridgehead atoms. The Morgan fingerprint density at radius 2 is 2.05 bits per heavy atom. The summed E-state index contributed by atoms with van der Waals surface area (Å²) in [7, 11) is 0. The van der Waals surface area contributed by atoms with Crippen LogP contribution in [0.15, 0.2) is 48.9 Å². The predicted octanol–water partition coefficient (Wildman–Crippen LogP) is 2.64. The molecule has 90 valence electrons. The second-order valence-electron chi connectivity index (χ2n) is 3.93. The smallest absolute Gasteiger partial charge is 0.171 e. The molecule has 0 aliphatic carbocycles. The Kier molecular flexibility index (Phi) is 2.75. The maximum absolute atomic E-state index is 9.04. The van der Waals surface area contributed by atoms with Crippen molar-refractivity contribution in [2.75, 3.05) is 5.32 Å². The minimum atomic E-state index is 0.446. The first-order valence-corrected chi connectivity index (χ1v) is 5.70. The normalized spacial score (nSPS) is 10.1. The summed E-state index contributed by atoms with van der Waals surface area (Å²) >= 11 is 0. The van der Waals surface area contributed by atoms with Crippen molar-refractivity contribution >= 4 is 22.3 Å². The number of nitriles is 1. The molecule has 0 amide bonds. The highest BCUT2D eigenvalue weighted by atomic mass is 15.2. The third-order valence-corrected chi connectivity index (χ3v) is 2.78. The minimum absolute atomic E-state index is 0.446. The Labute approximate surface area is 109 Å². The fraction of sp³-hybridized carbons (Fsp3) is 0. The fourth-order valence-corrected chi connectivity index (χ4v) is 1.86. The summed E-state index contributed by atoms with van der Waals surface area (Å²) in [6, 6.07) is 11.5. The fourth-order valence-electron chi connectivity index (χ4n) is 1.86. The molecule has 0 unspecified atom stereocenters. The quantitative estimate of drug-likeness (QED) is 0.753. The van der Waals surface area contributed by atoms with E-state index in [4.69, 9.17) is 5.26 Å². The lowest BCUT2D eigenvalue weighted by Crippen LogP contribution is -1.98. The molecule has 3 aromatic rings. The van der Waals surface area contributed by atoms with Gasteiger partial charge in [-0.15, -0.1) is 5.10 Å². The summed E-state index contributed by atoms with van der Waals surface area (Å²) in [5.74, 6) is 0.446. The van der Waals surface area contributed by atoms with Gasteiger partial charge < -0.3 is 5.32 Å². The molecule has 1 N–H and O–H groups in total. The van der Waals surface area contributed by atoms with Crippen LogP contribution in [0.3, 0.4) is 0 Å². The van der Waals surface area contributed by atoms with E-state index >= 15 is 0 Å². The van der Waals surface area contributed by atoms with E-state index in [9.17, 15) is 0 Å². The lowest BCUT2D eigenvalue weighted by atomic mass is 10.1. The first kappa shape index (κ1) is 11.1. The SMILES string of the molecule is N#Cc1ccnnc1Nc1cccc2ccncc12. The van der Waals surface area contributed by atoms with E-state index in [-0.39, 0.29) is 0 Å². The Balaban J connectivity index is 2.09. The lowest BCUT2D eigenvalue weighted by molar-refractivity contribution is 1.03. The van der Waals surface area contributed by atoms with Gasteiger partial charge in [-0.3, -0.25) is 4.98 Å². The van der Waals surface area contributed by atoms with Gasteiger partial charge in [0.05, 0.1) is 11.8 Å². The van der Waals surface area contributed by atoms with Crippen LogP contribution in [0, 0.1) is 11.3 Å². The van der Waals surface area contributed by atoms with Gasteiger partial charge in [-0.05, 0) is 23.6 Å². The van der Waals surface area contributed by atoms with Crippen LogP contribution in [0.25, 0.3) is 10.8 Å². The number of rotatable bonds is 2. The van der Waals surface area contributed by atoms with Crippen molar-refractivity contribution in [1.29, 1.82) is 5.26 Å². The van der Waals surface area contributed by atoms with Gasteiger partial charge in [0.2, 0.25) is 0 Å². The summed E-state index contributed by atoms with van der Waals surface area (Å²) in [4.78, 5) is 4.12. The molecular weight excluding hydrogens is 238 g/mol. The summed E-state index contributed by atoms with van der Waals surface area (Å²) in [6.45, 7) is 0. The first-order chi connectivity index (χ1) is 9.38.